The number of hydrogen-bond acceptors (Lipinski definition) is 6. The van der Waals surface area contributed by atoms with Crippen LogP contribution in [0.2, 0.25) is 5.02 Å². The summed E-state index contributed by atoms with van der Waals surface area (Å²) in [6, 6.07) is 4.25. The van der Waals surface area contributed by atoms with Crippen molar-refractivity contribution in [3.8, 4) is 10.6 Å². The molecule has 0 radical (unpaired) electrons. The average molecular weight is 257 g/mol. The van der Waals surface area contributed by atoms with Crippen molar-refractivity contribution in [2.75, 3.05) is 5.73 Å². The summed E-state index contributed by atoms with van der Waals surface area (Å²) < 4.78 is 0. The number of nitrogens with zero attached hydrogens (tertiary/aromatic N) is 3. The van der Waals surface area contributed by atoms with Gasteiger partial charge in [0.15, 0.2) is 5.01 Å². The van der Waals surface area contributed by atoms with Gasteiger partial charge in [-0.05, 0) is 12.1 Å². The summed E-state index contributed by atoms with van der Waals surface area (Å²) in [7, 11) is 0. The average Bonchev–Trinajstić information content (AvgIpc) is 2.64. The molecule has 0 unspecified atom stereocenters. The molecule has 0 saturated carbocycles. The molecule has 16 heavy (non-hydrogen) atoms. The predicted octanol–water partition coefficient (Wildman–Crippen LogP) is 2.35. The van der Waals surface area contributed by atoms with E-state index in [9.17, 15) is 10.1 Å². The van der Waals surface area contributed by atoms with Gasteiger partial charge in [-0.3, -0.25) is 10.1 Å². The summed E-state index contributed by atoms with van der Waals surface area (Å²) in [5, 5.41) is 19.2. The second-order valence-corrected chi connectivity index (χ2v) is 4.31. The normalized spacial score (nSPS) is 10.3. The fourth-order valence-electron chi connectivity index (χ4n) is 1.18. The zero-order valence-electron chi connectivity index (χ0n) is 7.75. The molecule has 0 aliphatic heterocycles. The highest BCUT2D eigenvalue weighted by atomic mass is 35.5. The van der Waals surface area contributed by atoms with Gasteiger partial charge in [0.2, 0.25) is 5.13 Å². The molecule has 1 aromatic heterocycles. The van der Waals surface area contributed by atoms with Gasteiger partial charge in [0, 0.05) is 11.1 Å². The van der Waals surface area contributed by atoms with Crippen molar-refractivity contribution in [3.05, 3.63) is 33.3 Å². The van der Waals surface area contributed by atoms with Crippen LogP contribution in [0.3, 0.4) is 0 Å². The summed E-state index contributed by atoms with van der Waals surface area (Å²) in [6.45, 7) is 0. The smallest absolute Gasteiger partial charge is 0.279 e. The van der Waals surface area contributed by atoms with Crippen LogP contribution in [0.15, 0.2) is 18.2 Å². The molecule has 1 aromatic carbocycles. The Balaban J connectivity index is 2.62. The first-order valence-corrected chi connectivity index (χ1v) is 5.30. The zero-order valence-corrected chi connectivity index (χ0v) is 9.33. The number of halogens is 1. The number of nitrogen functional groups attached to an aromatic ring is 1. The lowest BCUT2D eigenvalue weighted by Gasteiger charge is -1.98. The van der Waals surface area contributed by atoms with E-state index in [1.807, 2.05) is 0 Å². The molecule has 0 amide bonds. The monoisotopic (exact) mass is 256 g/mol. The molecule has 2 aromatic rings. The van der Waals surface area contributed by atoms with Crippen LogP contribution >= 0.6 is 22.9 Å². The molecule has 0 saturated heterocycles. The third-order valence-electron chi connectivity index (χ3n) is 1.83. The SMILES string of the molecule is Nc1nnc(-c2cc(Cl)ccc2[N+](=O)[O-])s1. The molecule has 0 aliphatic carbocycles. The fraction of sp³-hybridized carbons (Fsp3) is 0. The molecule has 0 fully saturated rings. The Morgan fingerprint density at radius 3 is 2.75 bits per heavy atom. The number of hydrogen-bond donors (Lipinski definition) is 1. The largest absolute Gasteiger partial charge is 0.374 e. The summed E-state index contributed by atoms with van der Waals surface area (Å²) in [4.78, 5) is 10.3. The van der Waals surface area contributed by atoms with Gasteiger partial charge < -0.3 is 5.73 Å². The number of aromatic nitrogens is 2. The van der Waals surface area contributed by atoms with E-state index in [0.29, 0.717) is 15.6 Å². The van der Waals surface area contributed by atoms with Crippen molar-refractivity contribution in [2.45, 2.75) is 0 Å². The first kappa shape index (κ1) is 10.8. The zero-order chi connectivity index (χ0) is 11.7. The van der Waals surface area contributed by atoms with Crippen molar-refractivity contribution in [1.82, 2.24) is 10.2 Å². The molecule has 0 spiro atoms. The van der Waals surface area contributed by atoms with Crippen molar-refractivity contribution in [3.63, 3.8) is 0 Å². The minimum Gasteiger partial charge on any atom is -0.374 e. The highest BCUT2D eigenvalue weighted by molar-refractivity contribution is 7.18. The molecular formula is C8H5ClN4O2S. The number of nitrogens with two attached hydrogens (primary N) is 1. The Bertz CT molecular complexity index is 557. The summed E-state index contributed by atoms with van der Waals surface area (Å²) >= 11 is 6.85. The van der Waals surface area contributed by atoms with Gasteiger partial charge in [-0.2, -0.15) is 0 Å². The van der Waals surface area contributed by atoms with E-state index in [2.05, 4.69) is 10.2 Å². The highest BCUT2D eigenvalue weighted by Crippen LogP contribution is 2.34. The first-order chi connectivity index (χ1) is 7.58. The predicted molar refractivity (Wildman–Crippen MR) is 61.4 cm³/mol. The molecule has 1 heterocycles. The first-order valence-electron chi connectivity index (χ1n) is 4.11. The molecule has 0 bridgehead atoms. The van der Waals surface area contributed by atoms with E-state index in [1.165, 1.54) is 18.2 Å². The maximum atomic E-state index is 10.8. The van der Waals surface area contributed by atoms with Crippen LogP contribution in [0.5, 0.6) is 0 Å². The van der Waals surface area contributed by atoms with Crippen LogP contribution in [-0.2, 0) is 0 Å². The van der Waals surface area contributed by atoms with Gasteiger partial charge in [-0.25, -0.2) is 0 Å². The van der Waals surface area contributed by atoms with Gasteiger partial charge >= 0.3 is 0 Å². The fourth-order valence-corrected chi connectivity index (χ4v) is 1.99. The van der Waals surface area contributed by atoms with E-state index < -0.39 is 4.92 Å². The number of nitro benzene ring substituents is 1. The molecule has 2 rings (SSSR count). The number of nitro groups is 1. The molecule has 0 atom stereocenters. The van der Waals surface area contributed by atoms with Crippen molar-refractivity contribution in [2.24, 2.45) is 0 Å². The van der Waals surface area contributed by atoms with E-state index in [-0.39, 0.29) is 10.8 Å². The Hall–Kier alpha value is -1.73. The van der Waals surface area contributed by atoms with Gasteiger partial charge in [0.25, 0.3) is 5.69 Å². The lowest BCUT2D eigenvalue weighted by molar-refractivity contribution is -0.384. The van der Waals surface area contributed by atoms with E-state index >= 15 is 0 Å². The van der Waals surface area contributed by atoms with E-state index in [0.717, 1.165) is 11.3 Å². The standard InChI is InChI=1S/C8H5ClN4O2S/c9-4-1-2-6(13(14)15)5(3-4)7-11-12-8(10)16-7/h1-3H,(H2,10,12). The van der Waals surface area contributed by atoms with Crippen molar-refractivity contribution < 1.29 is 4.92 Å². The summed E-state index contributed by atoms with van der Waals surface area (Å²) in [5.74, 6) is 0. The number of rotatable bonds is 2. The highest BCUT2D eigenvalue weighted by Gasteiger charge is 2.18. The molecule has 6 nitrogen and oxygen atoms in total. The Morgan fingerprint density at radius 1 is 1.44 bits per heavy atom. The van der Waals surface area contributed by atoms with Gasteiger partial charge in [0.05, 0.1) is 10.5 Å². The number of anilines is 1. The molecule has 8 heteroatoms. The Kier molecular flexibility index (Phi) is 2.71. The third-order valence-corrected chi connectivity index (χ3v) is 2.85. The topological polar surface area (TPSA) is 94.9 Å². The second-order valence-electron chi connectivity index (χ2n) is 2.86. The minimum atomic E-state index is -0.497. The van der Waals surface area contributed by atoms with Crippen LogP contribution in [0.1, 0.15) is 0 Å². The molecule has 0 aliphatic rings. The lowest BCUT2D eigenvalue weighted by atomic mass is 10.2. The van der Waals surface area contributed by atoms with Gasteiger partial charge in [-0.1, -0.05) is 22.9 Å². The maximum Gasteiger partial charge on any atom is 0.279 e. The van der Waals surface area contributed by atoms with Crippen LogP contribution in [-0.4, -0.2) is 15.1 Å². The van der Waals surface area contributed by atoms with Crippen LogP contribution in [0.4, 0.5) is 10.8 Å². The lowest BCUT2D eigenvalue weighted by Crippen LogP contribution is -1.91. The van der Waals surface area contributed by atoms with Gasteiger partial charge in [0.1, 0.15) is 0 Å². The van der Waals surface area contributed by atoms with E-state index in [4.69, 9.17) is 17.3 Å². The van der Waals surface area contributed by atoms with E-state index in [1.54, 1.807) is 0 Å². The van der Waals surface area contributed by atoms with Crippen molar-refractivity contribution in [1.29, 1.82) is 0 Å². The maximum absolute atomic E-state index is 10.8. The third kappa shape index (κ3) is 1.95. The molecule has 2 N–H and O–H groups in total. The minimum absolute atomic E-state index is 0.0689. The van der Waals surface area contributed by atoms with Gasteiger partial charge in [-0.15, -0.1) is 10.2 Å². The molecular weight excluding hydrogens is 252 g/mol. The summed E-state index contributed by atoms with van der Waals surface area (Å²) in [6.07, 6.45) is 0. The van der Waals surface area contributed by atoms with Crippen LogP contribution in [0, 0.1) is 10.1 Å². The quantitative estimate of drug-likeness (QED) is 0.657. The van der Waals surface area contributed by atoms with Crippen LogP contribution < -0.4 is 5.73 Å². The summed E-state index contributed by atoms with van der Waals surface area (Å²) in [5.41, 5.74) is 5.68. The number of benzene rings is 1. The Morgan fingerprint density at radius 2 is 2.19 bits per heavy atom. The second kappa shape index (κ2) is 4.03. The Labute approximate surface area is 98.8 Å². The van der Waals surface area contributed by atoms with Crippen LogP contribution in [0.25, 0.3) is 10.6 Å². The van der Waals surface area contributed by atoms with Crippen molar-refractivity contribution >= 4 is 33.8 Å². The molecule has 82 valence electrons.